The molecule has 0 aliphatic heterocycles. The van der Waals surface area contributed by atoms with Crippen LogP contribution in [-0.2, 0) is 7.05 Å². The first-order valence-electron chi connectivity index (χ1n) is 11.0. The molecule has 172 valence electrons. The van der Waals surface area contributed by atoms with Gasteiger partial charge in [-0.3, -0.25) is 0 Å². The molecule has 0 saturated carbocycles. The van der Waals surface area contributed by atoms with E-state index in [9.17, 15) is 0 Å². The molecule has 0 unspecified atom stereocenters. The number of methoxy groups -OCH3 is 2. The van der Waals surface area contributed by atoms with Crippen molar-refractivity contribution in [1.82, 2.24) is 14.5 Å². The molecule has 7 heteroatoms. The van der Waals surface area contributed by atoms with E-state index in [1.165, 1.54) is 0 Å². The number of anilines is 2. The Labute approximate surface area is 198 Å². The van der Waals surface area contributed by atoms with Crippen molar-refractivity contribution in [2.45, 2.75) is 13.8 Å². The fourth-order valence-corrected chi connectivity index (χ4v) is 4.16. The topological polar surface area (TPSA) is 74.3 Å². The SMILES string of the molecule is COc1cccc(-c2nc3c(Nc4ccc(-c5cnc(C)o5)c(OC)c4)cc(C)cc3n2C)c1. The van der Waals surface area contributed by atoms with Crippen molar-refractivity contribution in [3.05, 3.63) is 72.2 Å². The van der Waals surface area contributed by atoms with Crippen LogP contribution in [0.3, 0.4) is 0 Å². The Bertz CT molecular complexity index is 1500. The molecule has 0 aliphatic rings. The van der Waals surface area contributed by atoms with Gasteiger partial charge < -0.3 is 23.8 Å². The molecule has 0 saturated heterocycles. The van der Waals surface area contributed by atoms with Gasteiger partial charge in [0.05, 0.1) is 37.2 Å². The number of hydrogen-bond acceptors (Lipinski definition) is 6. The van der Waals surface area contributed by atoms with Crippen LogP contribution in [-0.4, -0.2) is 28.8 Å². The molecular weight excluding hydrogens is 428 g/mol. The van der Waals surface area contributed by atoms with Crippen LogP contribution in [0.5, 0.6) is 11.5 Å². The van der Waals surface area contributed by atoms with Crippen LogP contribution in [0.2, 0.25) is 0 Å². The highest BCUT2D eigenvalue weighted by molar-refractivity contribution is 5.94. The fraction of sp³-hybridized carbons (Fsp3) is 0.185. The summed E-state index contributed by atoms with van der Waals surface area (Å²) < 4.78 is 18.8. The number of ether oxygens (including phenoxy) is 2. The Morgan fingerprint density at radius 3 is 2.56 bits per heavy atom. The van der Waals surface area contributed by atoms with Gasteiger partial charge in [0.1, 0.15) is 22.8 Å². The molecule has 1 N–H and O–H groups in total. The van der Waals surface area contributed by atoms with E-state index in [4.69, 9.17) is 18.9 Å². The van der Waals surface area contributed by atoms with Crippen molar-refractivity contribution in [3.8, 4) is 34.2 Å². The van der Waals surface area contributed by atoms with Crippen LogP contribution in [0.15, 0.2) is 65.2 Å². The average Bonchev–Trinajstić information content (AvgIpc) is 3.42. The lowest BCUT2D eigenvalue weighted by Crippen LogP contribution is -1.95. The normalized spacial score (nSPS) is 11.1. The van der Waals surface area contributed by atoms with E-state index in [0.29, 0.717) is 17.4 Å². The van der Waals surface area contributed by atoms with E-state index < -0.39 is 0 Å². The molecule has 2 heterocycles. The first kappa shape index (κ1) is 21.6. The third kappa shape index (κ3) is 3.85. The van der Waals surface area contributed by atoms with Gasteiger partial charge in [0.15, 0.2) is 11.7 Å². The molecule has 0 bridgehead atoms. The van der Waals surface area contributed by atoms with Crippen LogP contribution in [0.1, 0.15) is 11.5 Å². The first-order valence-corrected chi connectivity index (χ1v) is 11.0. The zero-order valence-corrected chi connectivity index (χ0v) is 19.8. The Morgan fingerprint density at radius 1 is 0.971 bits per heavy atom. The van der Waals surface area contributed by atoms with Crippen molar-refractivity contribution >= 4 is 22.4 Å². The number of aryl methyl sites for hydroxylation is 3. The van der Waals surface area contributed by atoms with E-state index in [1.54, 1.807) is 20.4 Å². The summed E-state index contributed by atoms with van der Waals surface area (Å²) in [5.74, 6) is 3.66. The third-order valence-electron chi connectivity index (χ3n) is 5.83. The molecule has 7 nitrogen and oxygen atoms in total. The predicted octanol–water partition coefficient (Wildman–Crippen LogP) is 6.27. The predicted molar refractivity (Wildman–Crippen MR) is 134 cm³/mol. The molecule has 0 fully saturated rings. The van der Waals surface area contributed by atoms with Crippen LogP contribution in [0, 0.1) is 13.8 Å². The number of oxazole rings is 1. The second kappa shape index (κ2) is 8.59. The number of rotatable bonds is 6. The molecule has 2 aromatic heterocycles. The van der Waals surface area contributed by atoms with E-state index in [2.05, 4.69) is 33.9 Å². The number of nitrogens with one attached hydrogen (secondary N) is 1. The van der Waals surface area contributed by atoms with Gasteiger partial charge in [0.25, 0.3) is 0 Å². The monoisotopic (exact) mass is 454 g/mol. The average molecular weight is 455 g/mol. The molecular formula is C27H26N4O3. The van der Waals surface area contributed by atoms with Gasteiger partial charge in [0, 0.05) is 31.3 Å². The molecule has 5 aromatic rings. The molecule has 0 radical (unpaired) electrons. The number of hydrogen-bond donors (Lipinski definition) is 1. The number of nitrogens with zero attached hydrogens (tertiary/aromatic N) is 3. The molecule has 0 atom stereocenters. The molecule has 0 spiro atoms. The highest BCUT2D eigenvalue weighted by Crippen LogP contribution is 2.36. The molecule has 5 rings (SSSR count). The summed E-state index contributed by atoms with van der Waals surface area (Å²) in [7, 11) is 5.35. The second-order valence-corrected chi connectivity index (χ2v) is 8.19. The Kier molecular flexibility index (Phi) is 5.45. The Hall–Kier alpha value is -4.26. The first-order chi connectivity index (χ1) is 16.5. The van der Waals surface area contributed by atoms with Crippen LogP contribution < -0.4 is 14.8 Å². The van der Waals surface area contributed by atoms with Crippen molar-refractivity contribution in [1.29, 1.82) is 0 Å². The minimum Gasteiger partial charge on any atom is -0.497 e. The van der Waals surface area contributed by atoms with Crippen LogP contribution >= 0.6 is 0 Å². The maximum atomic E-state index is 5.68. The zero-order chi connectivity index (χ0) is 23.8. The van der Waals surface area contributed by atoms with Crippen molar-refractivity contribution in [2.24, 2.45) is 7.05 Å². The minimum absolute atomic E-state index is 0.614. The van der Waals surface area contributed by atoms with Gasteiger partial charge in [-0.15, -0.1) is 0 Å². The van der Waals surface area contributed by atoms with Gasteiger partial charge in [0.2, 0.25) is 0 Å². The summed E-state index contributed by atoms with van der Waals surface area (Å²) >= 11 is 0. The van der Waals surface area contributed by atoms with Crippen LogP contribution in [0.4, 0.5) is 11.4 Å². The van der Waals surface area contributed by atoms with E-state index in [1.807, 2.05) is 56.4 Å². The smallest absolute Gasteiger partial charge is 0.191 e. The lowest BCUT2D eigenvalue weighted by atomic mass is 10.1. The summed E-state index contributed by atoms with van der Waals surface area (Å²) in [6, 6.07) is 18.1. The number of fused-ring (bicyclic) bond motifs is 1. The summed E-state index contributed by atoms with van der Waals surface area (Å²) in [6.07, 6.45) is 1.71. The Balaban J connectivity index is 1.56. The highest BCUT2D eigenvalue weighted by atomic mass is 16.5. The van der Waals surface area contributed by atoms with Gasteiger partial charge in [-0.25, -0.2) is 9.97 Å². The van der Waals surface area contributed by atoms with Crippen molar-refractivity contribution in [2.75, 3.05) is 19.5 Å². The molecule has 3 aromatic carbocycles. The lowest BCUT2D eigenvalue weighted by Gasteiger charge is -2.12. The highest BCUT2D eigenvalue weighted by Gasteiger charge is 2.16. The second-order valence-electron chi connectivity index (χ2n) is 8.19. The maximum Gasteiger partial charge on any atom is 0.191 e. The lowest BCUT2D eigenvalue weighted by molar-refractivity contribution is 0.414. The number of imidazole rings is 1. The molecule has 34 heavy (non-hydrogen) atoms. The molecule has 0 aliphatic carbocycles. The van der Waals surface area contributed by atoms with E-state index in [0.717, 1.165) is 50.7 Å². The quantitative estimate of drug-likeness (QED) is 0.326. The van der Waals surface area contributed by atoms with Gasteiger partial charge in [-0.1, -0.05) is 12.1 Å². The fourth-order valence-electron chi connectivity index (χ4n) is 4.16. The minimum atomic E-state index is 0.614. The van der Waals surface area contributed by atoms with Crippen molar-refractivity contribution < 1.29 is 13.9 Å². The summed E-state index contributed by atoms with van der Waals surface area (Å²) in [6.45, 7) is 3.90. The summed E-state index contributed by atoms with van der Waals surface area (Å²) in [4.78, 5) is 9.19. The van der Waals surface area contributed by atoms with Crippen LogP contribution in [0.25, 0.3) is 33.7 Å². The number of benzene rings is 3. The maximum absolute atomic E-state index is 5.68. The largest absolute Gasteiger partial charge is 0.497 e. The summed E-state index contributed by atoms with van der Waals surface area (Å²) in [5, 5.41) is 3.53. The summed E-state index contributed by atoms with van der Waals surface area (Å²) in [5.41, 5.74) is 6.72. The van der Waals surface area contributed by atoms with Crippen molar-refractivity contribution in [3.63, 3.8) is 0 Å². The standard InChI is InChI=1S/C27H26N4O3/c1-16-11-22(29-19-9-10-21(24(14-19)33-5)25-15-28-17(2)34-25)26-23(12-16)31(3)27(30-26)18-7-6-8-20(13-18)32-4/h6-15,29H,1-5H3. The molecule has 0 amide bonds. The van der Waals surface area contributed by atoms with Gasteiger partial charge in [-0.05, 0) is 48.9 Å². The van der Waals surface area contributed by atoms with E-state index in [-0.39, 0.29) is 0 Å². The third-order valence-corrected chi connectivity index (χ3v) is 5.83. The van der Waals surface area contributed by atoms with E-state index >= 15 is 0 Å². The zero-order valence-electron chi connectivity index (χ0n) is 19.8. The Morgan fingerprint density at radius 2 is 1.82 bits per heavy atom. The number of aromatic nitrogens is 3. The van der Waals surface area contributed by atoms with Gasteiger partial charge in [-0.2, -0.15) is 0 Å². The van der Waals surface area contributed by atoms with Gasteiger partial charge >= 0.3 is 0 Å².